The van der Waals surface area contributed by atoms with E-state index in [9.17, 15) is 14.4 Å². The van der Waals surface area contributed by atoms with Crippen LogP contribution in [0.5, 0.6) is 0 Å². The van der Waals surface area contributed by atoms with Crippen molar-refractivity contribution in [2.24, 2.45) is 0 Å². The summed E-state index contributed by atoms with van der Waals surface area (Å²) in [6.07, 6.45) is 81.7. The van der Waals surface area contributed by atoms with Gasteiger partial charge >= 0.3 is 17.9 Å². The number of esters is 3. The van der Waals surface area contributed by atoms with Crippen LogP contribution in [0, 0.1) is 0 Å². The Hall–Kier alpha value is -2.63. The Bertz CT molecular complexity index is 1310. The zero-order valence-electron chi connectivity index (χ0n) is 51.0. The fourth-order valence-corrected chi connectivity index (χ4v) is 9.98. The van der Waals surface area contributed by atoms with Crippen molar-refractivity contribution >= 4 is 17.9 Å². The second kappa shape index (κ2) is 64.9. The number of carbonyl (C=O) groups is 3. The average molecular weight is 1070 g/mol. The molecule has 0 amide bonds. The number of hydrogen-bond acceptors (Lipinski definition) is 6. The summed E-state index contributed by atoms with van der Waals surface area (Å²) in [6.45, 7) is 6.61. The normalized spacial score (nSPS) is 12.3. The van der Waals surface area contributed by atoms with Crippen molar-refractivity contribution in [1.29, 1.82) is 0 Å². The van der Waals surface area contributed by atoms with E-state index in [1.807, 2.05) is 0 Å². The van der Waals surface area contributed by atoms with Crippen LogP contribution in [0.2, 0.25) is 0 Å². The highest BCUT2D eigenvalue weighted by Gasteiger charge is 2.19. The van der Waals surface area contributed by atoms with Crippen LogP contribution >= 0.6 is 0 Å². The van der Waals surface area contributed by atoms with Crippen LogP contribution in [0.15, 0.2) is 48.6 Å². The quantitative estimate of drug-likeness (QED) is 0.0261. The lowest BCUT2D eigenvalue weighted by atomic mass is 10.0. The van der Waals surface area contributed by atoms with Crippen molar-refractivity contribution in [3.8, 4) is 0 Å². The van der Waals surface area contributed by atoms with Gasteiger partial charge in [-0.2, -0.15) is 0 Å². The Balaban J connectivity index is 3.96. The number of hydrogen-bond donors (Lipinski definition) is 0. The number of ether oxygens (including phenoxy) is 3. The second-order valence-corrected chi connectivity index (χ2v) is 22.7. The van der Waals surface area contributed by atoms with Crippen molar-refractivity contribution in [2.45, 2.75) is 367 Å². The van der Waals surface area contributed by atoms with Gasteiger partial charge in [-0.3, -0.25) is 14.4 Å². The molecule has 1 atom stereocenters. The topological polar surface area (TPSA) is 78.9 Å². The highest BCUT2D eigenvalue weighted by Crippen LogP contribution is 2.17. The van der Waals surface area contributed by atoms with Crippen LogP contribution in [0.4, 0.5) is 0 Å². The van der Waals surface area contributed by atoms with Crippen molar-refractivity contribution in [2.75, 3.05) is 13.2 Å². The van der Waals surface area contributed by atoms with Crippen molar-refractivity contribution in [3.63, 3.8) is 0 Å². The second-order valence-electron chi connectivity index (χ2n) is 22.7. The first-order chi connectivity index (χ1) is 37.5. The highest BCUT2D eigenvalue weighted by molar-refractivity contribution is 5.71. The summed E-state index contributed by atoms with van der Waals surface area (Å²) in [6, 6.07) is 0. The van der Waals surface area contributed by atoms with Crippen molar-refractivity contribution in [3.05, 3.63) is 48.6 Å². The zero-order chi connectivity index (χ0) is 55.0. The Morgan fingerprint density at radius 1 is 0.263 bits per heavy atom. The lowest BCUT2D eigenvalue weighted by molar-refractivity contribution is -0.167. The smallest absolute Gasteiger partial charge is 0.306 e. The first-order valence-electron chi connectivity index (χ1n) is 33.6. The summed E-state index contributed by atoms with van der Waals surface area (Å²) < 4.78 is 16.8. The minimum atomic E-state index is -0.769. The minimum Gasteiger partial charge on any atom is -0.462 e. The van der Waals surface area contributed by atoms with Crippen LogP contribution in [0.1, 0.15) is 361 Å². The molecule has 0 aliphatic carbocycles. The number of carbonyl (C=O) groups excluding carboxylic acids is 3. The van der Waals surface area contributed by atoms with Gasteiger partial charge in [0, 0.05) is 19.3 Å². The minimum absolute atomic E-state index is 0.0695. The molecule has 0 aromatic carbocycles. The SMILES string of the molecule is CCCCCCC/C=C\C/C=C\C/C=C\CCCCCCCCCCCCCCCCCCCCC(=O)OCC(COC(=O)CCCCCCCC)OC(=O)CCCCCCCCCCC/C=C\CCCCCCCC. The Kier molecular flexibility index (Phi) is 62.6. The van der Waals surface area contributed by atoms with Gasteiger partial charge in [-0.1, -0.05) is 307 Å². The van der Waals surface area contributed by atoms with Crippen LogP contribution in [-0.2, 0) is 28.6 Å². The molecule has 444 valence electrons. The third-order valence-electron chi connectivity index (χ3n) is 15.1. The predicted octanol–water partition coefficient (Wildman–Crippen LogP) is 22.9. The largest absolute Gasteiger partial charge is 0.462 e. The average Bonchev–Trinajstić information content (AvgIpc) is 3.42. The first-order valence-corrected chi connectivity index (χ1v) is 33.6. The molecule has 0 heterocycles. The number of unbranched alkanes of at least 4 members (excludes halogenated alkanes) is 43. The van der Waals surface area contributed by atoms with E-state index in [1.54, 1.807) is 0 Å². The van der Waals surface area contributed by atoms with Crippen LogP contribution in [0.3, 0.4) is 0 Å². The summed E-state index contributed by atoms with van der Waals surface area (Å²) in [5.74, 6) is -0.862. The van der Waals surface area contributed by atoms with Gasteiger partial charge in [0.05, 0.1) is 0 Å². The van der Waals surface area contributed by atoms with Gasteiger partial charge in [-0.05, 0) is 83.5 Å². The maximum absolute atomic E-state index is 12.8. The molecule has 0 radical (unpaired) electrons. The maximum atomic E-state index is 12.8. The molecule has 1 unspecified atom stereocenters. The van der Waals surface area contributed by atoms with Crippen LogP contribution in [0.25, 0.3) is 0 Å². The zero-order valence-corrected chi connectivity index (χ0v) is 51.0. The summed E-state index contributed by atoms with van der Waals surface area (Å²) in [5.41, 5.74) is 0. The van der Waals surface area contributed by atoms with E-state index in [2.05, 4.69) is 69.4 Å². The van der Waals surface area contributed by atoms with E-state index >= 15 is 0 Å². The molecule has 0 N–H and O–H groups in total. The maximum Gasteiger partial charge on any atom is 0.306 e. The summed E-state index contributed by atoms with van der Waals surface area (Å²) >= 11 is 0. The van der Waals surface area contributed by atoms with E-state index < -0.39 is 6.10 Å². The summed E-state index contributed by atoms with van der Waals surface area (Å²) in [4.78, 5) is 38.0. The predicted molar refractivity (Wildman–Crippen MR) is 330 cm³/mol. The van der Waals surface area contributed by atoms with Gasteiger partial charge in [0.15, 0.2) is 6.10 Å². The van der Waals surface area contributed by atoms with Crippen molar-refractivity contribution in [1.82, 2.24) is 0 Å². The van der Waals surface area contributed by atoms with E-state index in [0.29, 0.717) is 19.3 Å². The molecule has 6 nitrogen and oxygen atoms in total. The van der Waals surface area contributed by atoms with E-state index in [1.165, 1.54) is 250 Å². The lowest BCUT2D eigenvalue weighted by Gasteiger charge is -2.18. The molecular formula is C70H128O6. The van der Waals surface area contributed by atoms with Crippen LogP contribution < -0.4 is 0 Å². The lowest BCUT2D eigenvalue weighted by Crippen LogP contribution is -2.30. The number of rotatable bonds is 62. The molecule has 6 heteroatoms. The number of allylic oxidation sites excluding steroid dienone is 8. The van der Waals surface area contributed by atoms with Crippen molar-refractivity contribution < 1.29 is 28.6 Å². The first kappa shape index (κ1) is 73.4. The fraction of sp³-hybridized carbons (Fsp3) is 0.843. The van der Waals surface area contributed by atoms with Gasteiger partial charge in [-0.15, -0.1) is 0 Å². The third kappa shape index (κ3) is 62.2. The molecule has 0 saturated carbocycles. The van der Waals surface area contributed by atoms with E-state index in [4.69, 9.17) is 14.2 Å². The van der Waals surface area contributed by atoms with Crippen LogP contribution in [-0.4, -0.2) is 37.2 Å². The molecule has 0 spiro atoms. The van der Waals surface area contributed by atoms with Gasteiger partial charge in [0.1, 0.15) is 13.2 Å². The van der Waals surface area contributed by atoms with E-state index in [0.717, 1.165) is 70.6 Å². The fourth-order valence-electron chi connectivity index (χ4n) is 9.98. The van der Waals surface area contributed by atoms with E-state index in [-0.39, 0.29) is 31.1 Å². The van der Waals surface area contributed by atoms with Gasteiger partial charge in [-0.25, -0.2) is 0 Å². The standard InChI is InChI=1S/C70H128O6/c1-4-7-10-13-16-18-20-22-24-26-28-29-30-31-32-33-34-35-36-37-38-39-40-41-43-44-46-48-50-52-54-57-60-63-69(72)75-66-67(65-74-68(71)62-59-56-15-12-9-6-3)76-70(73)64-61-58-55-53-51-49-47-45-42-27-25-23-21-19-17-14-11-8-5-2/h20,22-23,25-26,28,30-31,67H,4-19,21,24,27,29,32-66H2,1-3H3/b22-20-,25-23-,28-26-,31-30-. The molecule has 0 fully saturated rings. The van der Waals surface area contributed by atoms with Gasteiger partial charge in [0.2, 0.25) is 0 Å². The Labute approximate surface area is 473 Å². The molecule has 0 saturated heterocycles. The molecular weight excluding hydrogens is 937 g/mol. The summed E-state index contributed by atoms with van der Waals surface area (Å²) in [7, 11) is 0. The van der Waals surface area contributed by atoms with Gasteiger partial charge < -0.3 is 14.2 Å². The molecule has 0 rings (SSSR count). The molecule has 0 aromatic heterocycles. The Morgan fingerprint density at radius 3 is 0.750 bits per heavy atom. The molecule has 76 heavy (non-hydrogen) atoms. The molecule has 0 aliphatic rings. The third-order valence-corrected chi connectivity index (χ3v) is 15.1. The molecule has 0 aliphatic heterocycles. The molecule has 0 bridgehead atoms. The molecule has 0 aromatic rings. The summed E-state index contributed by atoms with van der Waals surface area (Å²) in [5, 5.41) is 0. The Morgan fingerprint density at radius 2 is 0.474 bits per heavy atom. The monoisotopic (exact) mass is 1060 g/mol. The van der Waals surface area contributed by atoms with Gasteiger partial charge in [0.25, 0.3) is 0 Å². The highest BCUT2D eigenvalue weighted by atomic mass is 16.6.